The summed E-state index contributed by atoms with van der Waals surface area (Å²) in [5.74, 6) is 0.224. The van der Waals surface area contributed by atoms with E-state index in [0.717, 1.165) is 32.7 Å². The van der Waals surface area contributed by atoms with Crippen molar-refractivity contribution < 1.29 is 9.13 Å². The van der Waals surface area contributed by atoms with Crippen LogP contribution in [0.5, 0.6) is 5.75 Å². The highest BCUT2D eigenvalue weighted by Crippen LogP contribution is 2.23. The molecule has 132 valence electrons. The first kappa shape index (κ1) is 17.7. The lowest BCUT2D eigenvalue weighted by molar-refractivity contribution is 0.200. The molecule has 1 fully saturated rings. The third-order valence-electron chi connectivity index (χ3n) is 4.46. The molecule has 0 bridgehead atoms. The summed E-state index contributed by atoms with van der Waals surface area (Å²) in [5, 5.41) is 18.1. The number of rotatable bonds is 5. The number of benzene rings is 2. The van der Waals surface area contributed by atoms with Crippen molar-refractivity contribution in [2.45, 2.75) is 0 Å². The highest BCUT2D eigenvalue weighted by atomic mass is 19.1. The Balaban J connectivity index is 1.49. The normalized spacial score (nSPS) is 14.5. The molecular formula is C20H19FN4O. The van der Waals surface area contributed by atoms with Gasteiger partial charge in [0.25, 0.3) is 0 Å². The highest BCUT2D eigenvalue weighted by Gasteiger charge is 2.20. The molecule has 3 rings (SSSR count). The van der Waals surface area contributed by atoms with E-state index in [1.54, 1.807) is 30.3 Å². The number of ether oxygens (including phenoxy) is 1. The minimum absolute atomic E-state index is 0.113. The molecule has 0 amide bonds. The average Bonchev–Trinajstić information content (AvgIpc) is 2.68. The summed E-state index contributed by atoms with van der Waals surface area (Å²) in [6, 6.07) is 15.9. The van der Waals surface area contributed by atoms with Gasteiger partial charge in [0.2, 0.25) is 0 Å². The standard InChI is InChI=1S/C20H19FN4O/c21-19-5-2-6-20(18(19)15-23)25-9-7-24(8-10-25)11-12-26-17-4-1-3-16(13-17)14-22/h1-6,13H,7-12H2. The first-order chi connectivity index (χ1) is 12.7. The van der Waals surface area contributed by atoms with E-state index in [0.29, 0.717) is 23.6 Å². The van der Waals surface area contributed by atoms with Gasteiger partial charge in [-0.3, -0.25) is 4.90 Å². The average molecular weight is 350 g/mol. The van der Waals surface area contributed by atoms with Crippen LogP contribution in [0.2, 0.25) is 0 Å². The molecule has 26 heavy (non-hydrogen) atoms. The Bertz CT molecular complexity index is 848. The van der Waals surface area contributed by atoms with Crippen LogP contribution in [0.15, 0.2) is 42.5 Å². The molecule has 1 heterocycles. The molecule has 0 aliphatic carbocycles. The van der Waals surface area contributed by atoms with Crippen molar-refractivity contribution in [1.82, 2.24) is 4.90 Å². The molecule has 2 aromatic rings. The van der Waals surface area contributed by atoms with E-state index in [2.05, 4.69) is 15.9 Å². The lowest BCUT2D eigenvalue weighted by Crippen LogP contribution is -2.47. The molecule has 0 unspecified atom stereocenters. The maximum Gasteiger partial charge on any atom is 0.143 e. The summed E-state index contributed by atoms with van der Waals surface area (Å²) in [6.45, 7) is 4.44. The number of halogens is 1. The third-order valence-corrected chi connectivity index (χ3v) is 4.46. The Hall–Kier alpha value is -3.09. The molecule has 0 spiro atoms. The van der Waals surface area contributed by atoms with Gasteiger partial charge in [0.05, 0.1) is 17.3 Å². The van der Waals surface area contributed by atoms with Gasteiger partial charge in [-0.05, 0) is 30.3 Å². The Morgan fingerprint density at radius 2 is 1.77 bits per heavy atom. The number of nitrogens with zero attached hydrogens (tertiary/aromatic N) is 4. The Kier molecular flexibility index (Phi) is 5.68. The van der Waals surface area contributed by atoms with Crippen LogP contribution in [-0.4, -0.2) is 44.2 Å². The van der Waals surface area contributed by atoms with E-state index < -0.39 is 5.82 Å². The molecule has 0 aromatic heterocycles. The number of hydrogen-bond acceptors (Lipinski definition) is 5. The smallest absolute Gasteiger partial charge is 0.143 e. The first-order valence-corrected chi connectivity index (χ1v) is 8.50. The summed E-state index contributed by atoms with van der Waals surface area (Å²) in [5.41, 5.74) is 1.36. The van der Waals surface area contributed by atoms with Crippen molar-refractivity contribution in [3.05, 3.63) is 59.4 Å². The number of nitriles is 2. The second-order valence-electron chi connectivity index (χ2n) is 6.06. The molecule has 1 aliphatic heterocycles. The fraction of sp³-hybridized carbons (Fsp3) is 0.300. The SMILES string of the molecule is N#Cc1cccc(OCCN2CCN(c3cccc(F)c3C#N)CC2)c1. The van der Waals surface area contributed by atoms with Gasteiger partial charge >= 0.3 is 0 Å². The maximum atomic E-state index is 13.8. The second kappa shape index (κ2) is 8.33. The lowest BCUT2D eigenvalue weighted by Gasteiger charge is -2.36. The Morgan fingerprint density at radius 3 is 2.50 bits per heavy atom. The fourth-order valence-electron chi connectivity index (χ4n) is 3.05. The van der Waals surface area contributed by atoms with Crippen LogP contribution < -0.4 is 9.64 Å². The van der Waals surface area contributed by atoms with Crippen molar-refractivity contribution in [3.63, 3.8) is 0 Å². The monoisotopic (exact) mass is 350 g/mol. The van der Waals surface area contributed by atoms with E-state index >= 15 is 0 Å². The van der Waals surface area contributed by atoms with Crippen LogP contribution >= 0.6 is 0 Å². The topological polar surface area (TPSA) is 63.3 Å². The number of anilines is 1. The highest BCUT2D eigenvalue weighted by molar-refractivity contribution is 5.60. The van der Waals surface area contributed by atoms with Crippen LogP contribution in [0.4, 0.5) is 10.1 Å². The molecule has 1 saturated heterocycles. The molecule has 0 saturated carbocycles. The zero-order valence-electron chi connectivity index (χ0n) is 14.4. The fourth-order valence-corrected chi connectivity index (χ4v) is 3.05. The Labute approximate surface area is 152 Å². The molecule has 6 heteroatoms. The molecule has 0 radical (unpaired) electrons. The molecule has 1 aliphatic rings. The van der Waals surface area contributed by atoms with E-state index in [1.807, 2.05) is 12.1 Å². The van der Waals surface area contributed by atoms with Gasteiger partial charge in [0, 0.05) is 32.7 Å². The van der Waals surface area contributed by atoms with E-state index in [1.165, 1.54) is 6.07 Å². The Morgan fingerprint density at radius 1 is 1.00 bits per heavy atom. The van der Waals surface area contributed by atoms with Crippen LogP contribution in [0, 0.1) is 28.5 Å². The van der Waals surface area contributed by atoms with Crippen LogP contribution in [0.25, 0.3) is 0 Å². The van der Waals surface area contributed by atoms with Gasteiger partial charge in [0.15, 0.2) is 0 Å². The van der Waals surface area contributed by atoms with E-state index in [4.69, 9.17) is 10.00 Å². The van der Waals surface area contributed by atoms with Crippen molar-refractivity contribution in [2.75, 3.05) is 44.2 Å². The summed E-state index contributed by atoms with van der Waals surface area (Å²) in [4.78, 5) is 4.32. The molecule has 0 N–H and O–H groups in total. The van der Waals surface area contributed by atoms with Crippen molar-refractivity contribution in [3.8, 4) is 17.9 Å². The zero-order valence-corrected chi connectivity index (χ0v) is 14.4. The minimum Gasteiger partial charge on any atom is -0.492 e. The van der Waals surface area contributed by atoms with Crippen molar-refractivity contribution >= 4 is 5.69 Å². The predicted octanol–water partition coefficient (Wildman–Crippen LogP) is 2.77. The largest absolute Gasteiger partial charge is 0.492 e. The first-order valence-electron chi connectivity index (χ1n) is 8.50. The summed E-state index contributed by atoms with van der Waals surface area (Å²) >= 11 is 0. The van der Waals surface area contributed by atoms with Gasteiger partial charge < -0.3 is 9.64 Å². The van der Waals surface area contributed by atoms with Gasteiger partial charge in [-0.25, -0.2) is 4.39 Å². The van der Waals surface area contributed by atoms with E-state index in [-0.39, 0.29) is 5.56 Å². The van der Waals surface area contributed by atoms with E-state index in [9.17, 15) is 9.65 Å². The minimum atomic E-state index is -0.472. The van der Waals surface area contributed by atoms with Gasteiger partial charge in [0.1, 0.15) is 29.8 Å². The van der Waals surface area contributed by atoms with Gasteiger partial charge in [-0.2, -0.15) is 10.5 Å². The summed E-state index contributed by atoms with van der Waals surface area (Å²) < 4.78 is 19.5. The third kappa shape index (κ3) is 4.11. The second-order valence-corrected chi connectivity index (χ2v) is 6.06. The molecule has 2 aromatic carbocycles. The molecule has 0 atom stereocenters. The molecule has 5 nitrogen and oxygen atoms in total. The summed E-state index contributed by atoms with van der Waals surface area (Å²) in [6.07, 6.45) is 0. The van der Waals surface area contributed by atoms with Gasteiger partial charge in [-0.15, -0.1) is 0 Å². The quantitative estimate of drug-likeness (QED) is 0.830. The maximum absolute atomic E-state index is 13.8. The zero-order chi connectivity index (χ0) is 18.4. The van der Waals surface area contributed by atoms with Gasteiger partial charge in [-0.1, -0.05) is 12.1 Å². The van der Waals surface area contributed by atoms with Crippen molar-refractivity contribution in [2.24, 2.45) is 0 Å². The van der Waals surface area contributed by atoms with Crippen LogP contribution in [0.3, 0.4) is 0 Å². The van der Waals surface area contributed by atoms with Crippen molar-refractivity contribution in [1.29, 1.82) is 10.5 Å². The predicted molar refractivity (Wildman–Crippen MR) is 96.4 cm³/mol. The van der Waals surface area contributed by atoms with Crippen LogP contribution in [-0.2, 0) is 0 Å². The number of hydrogen-bond donors (Lipinski definition) is 0. The number of piperazine rings is 1. The molecular weight excluding hydrogens is 331 g/mol. The summed E-state index contributed by atoms with van der Waals surface area (Å²) in [7, 11) is 0. The lowest BCUT2D eigenvalue weighted by atomic mass is 10.1. The van der Waals surface area contributed by atoms with Crippen LogP contribution in [0.1, 0.15) is 11.1 Å².